The third-order valence-corrected chi connectivity index (χ3v) is 5.62. The molecule has 1 heterocycles. The Morgan fingerprint density at radius 1 is 1.03 bits per heavy atom. The number of aromatic nitrogens is 1. The first-order valence-corrected chi connectivity index (χ1v) is 10.5. The highest BCUT2D eigenvalue weighted by atomic mass is 32.2. The molecule has 0 unspecified atom stereocenters. The zero-order chi connectivity index (χ0) is 20.9. The molecule has 0 fully saturated rings. The van der Waals surface area contributed by atoms with Crippen molar-refractivity contribution >= 4 is 27.4 Å². The summed E-state index contributed by atoms with van der Waals surface area (Å²) in [6.07, 6.45) is 3.33. The zero-order valence-corrected chi connectivity index (χ0v) is 17.0. The topological polar surface area (TPSA) is 100 Å². The maximum absolute atomic E-state index is 12.6. The van der Waals surface area contributed by atoms with Crippen LogP contribution in [0, 0.1) is 13.8 Å². The minimum atomic E-state index is -3.73. The number of anilines is 2. The van der Waals surface area contributed by atoms with Crippen LogP contribution in [0.3, 0.4) is 0 Å². The molecular weight excluding hydrogens is 388 g/mol. The normalized spacial score (nSPS) is 11.0. The van der Waals surface area contributed by atoms with Gasteiger partial charge in [-0.3, -0.25) is 9.71 Å². The Morgan fingerprint density at radius 3 is 2.48 bits per heavy atom. The molecule has 3 aromatic rings. The molecule has 0 aliphatic rings. The molecule has 0 spiro atoms. The molecule has 0 aliphatic heterocycles. The molecular formula is C21H22N4O3S. The lowest BCUT2D eigenvalue weighted by Gasteiger charge is -2.12. The van der Waals surface area contributed by atoms with Crippen LogP contribution in [-0.2, 0) is 16.6 Å². The summed E-state index contributed by atoms with van der Waals surface area (Å²) in [5, 5.41) is 5.39. The van der Waals surface area contributed by atoms with Crippen molar-refractivity contribution in [2.75, 3.05) is 10.0 Å². The fourth-order valence-corrected chi connectivity index (χ4v) is 3.75. The van der Waals surface area contributed by atoms with E-state index >= 15 is 0 Å². The smallest absolute Gasteiger partial charge is 0.319 e. The van der Waals surface area contributed by atoms with E-state index in [2.05, 4.69) is 20.3 Å². The third-order valence-electron chi connectivity index (χ3n) is 4.24. The van der Waals surface area contributed by atoms with Crippen molar-refractivity contribution in [3.63, 3.8) is 0 Å². The molecule has 0 bridgehead atoms. The van der Waals surface area contributed by atoms with E-state index in [1.165, 1.54) is 12.1 Å². The van der Waals surface area contributed by atoms with E-state index in [0.717, 1.165) is 16.7 Å². The van der Waals surface area contributed by atoms with Gasteiger partial charge in [0.25, 0.3) is 10.0 Å². The van der Waals surface area contributed by atoms with E-state index in [-0.39, 0.29) is 4.90 Å². The van der Waals surface area contributed by atoms with Gasteiger partial charge in [0, 0.05) is 24.6 Å². The van der Waals surface area contributed by atoms with Crippen LogP contribution in [0.25, 0.3) is 0 Å². The lowest BCUT2D eigenvalue weighted by Crippen LogP contribution is -2.28. The first-order chi connectivity index (χ1) is 13.8. The molecule has 150 valence electrons. The number of sulfonamides is 1. The van der Waals surface area contributed by atoms with Crippen molar-refractivity contribution < 1.29 is 13.2 Å². The first-order valence-electron chi connectivity index (χ1n) is 8.97. The summed E-state index contributed by atoms with van der Waals surface area (Å²) in [5.41, 5.74) is 3.70. The highest BCUT2D eigenvalue weighted by molar-refractivity contribution is 7.92. The quantitative estimate of drug-likeness (QED) is 0.575. The van der Waals surface area contributed by atoms with Gasteiger partial charge < -0.3 is 10.6 Å². The fourth-order valence-electron chi connectivity index (χ4n) is 2.63. The van der Waals surface area contributed by atoms with Gasteiger partial charge in [0.15, 0.2) is 0 Å². The number of pyridine rings is 1. The van der Waals surface area contributed by atoms with E-state index in [4.69, 9.17) is 0 Å². The van der Waals surface area contributed by atoms with Crippen LogP contribution in [0.5, 0.6) is 0 Å². The second-order valence-electron chi connectivity index (χ2n) is 6.62. The van der Waals surface area contributed by atoms with Crippen molar-refractivity contribution in [3.05, 3.63) is 83.7 Å². The fraction of sp³-hybridized carbons (Fsp3) is 0.143. The largest absolute Gasteiger partial charge is 0.334 e. The predicted molar refractivity (Wildman–Crippen MR) is 113 cm³/mol. The Kier molecular flexibility index (Phi) is 6.13. The molecule has 29 heavy (non-hydrogen) atoms. The van der Waals surface area contributed by atoms with Crippen molar-refractivity contribution in [1.29, 1.82) is 0 Å². The van der Waals surface area contributed by atoms with E-state index in [9.17, 15) is 13.2 Å². The summed E-state index contributed by atoms with van der Waals surface area (Å²) in [5.74, 6) is 0. The van der Waals surface area contributed by atoms with Crippen LogP contribution in [0.1, 0.15) is 16.7 Å². The van der Waals surface area contributed by atoms with Crippen LogP contribution in [-0.4, -0.2) is 19.4 Å². The summed E-state index contributed by atoms with van der Waals surface area (Å²) < 4.78 is 27.9. The molecule has 7 nitrogen and oxygen atoms in total. The lowest BCUT2D eigenvalue weighted by molar-refractivity contribution is 0.251. The van der Waals surface area contributed by atoms with E-state index < -0.39 is 16.1 Å². The van der Waals surface area contributed by atoms with Crippen molar-refractivity contribution in [2.45, 2.75) is 25.3 Å². The Labute approximate surface area is 170 Å². The third kappa shape index (κ3) is 5.55. The summed E-state index contributed by atoms with van der Waals surface area (Å²) >= 11 is 0. The zero-order valence-electron chi connectivity index (χ0n) is 16.1. The van der Waals surface area contributed by atoms with Gasteiger partial charge in [0.05, 0.1) is 10.6 Å². The summed E-state index contributed by atoms with van der Waals surface area (Å²) in [4.78, 5) is 16.1. The summed E-state index contributed by atoms with van der Waals surface area (Å²) in [6.45, 7) is 4.08. The number of amides is 2. The monoisotopic (exact) mass is 410 g/mol. The lowest BCUT2D eigenvalue weighted by atomic mass is 10.1. The van der Waals surface area contributed by atoms with Gasteiger partial charge in [-0.1, -0.05) is 18.2 Å². The average molecular weight is 410 g/mol. The minimum Gasteiger partial charge on any atom is -0.334 e. The number of aryl methyl sites for hydroxylation is 2. The van der Waals surface area contributed by atoms with Crippen LogP contribution in [0.2, 0.25) is 0 Å². The maximum atomic E-state index is 12.6. The summed E-state index contributed by atoms with van der Waals surface area (Å²) in [7, 11) is -3.73. The minimum absolute atomic E-state index is 0.111. The van der Waals surface area contributed by atoms with Crippen molar-refractivity contribution in [3.8, 4) is 0 Å². The van der Waals surface area contributed by atoms with Gasteiger partial charge >= 0.3 is 6.03 Å². The molecule has 2 aromatic carbocycles. The van der Waals surface area contributed by atoms with E-state index in [1.54, 1.807) is 36.7 Å². The van der Waals surface area contributed by atoms with Crippen LogP contribution < -0.4 is 15.4 Å². The van der Waals surface area contributed by atoms with Gasteiger partial charge in [0.1, 0.15) is 0 Å². The Hall–Kier alpha value is -3.39. The molecule has 3 rings (SSSR count). The highest BCUT2D eigenvalue weighted by Gasteiger charge is 2.15. The standard InChI is InChI=1S/C21H22N4O3S/c1-15-5-6-16(2)20(12-15)25-29(27,28)19-9-7-18(8-10-19)24-21(26)23-14-17-4-3-11-22-13-17/h3-13,25H,14H2,1-2H3,(H2,23,24,26). The van der Waals surface area contributed by atoms with Gasteiger partial charge in [-0.05, 0) is 66.9 Å². The molecule has 8 heteroatoms. The van der Waals surface area contributed by atoms with Crippen molar-refractivity contribution in [2.24, 2.45) is 0 Å². The number of nitrogens with one attached hydrogen (secondary N) is 3. The highest BCUT2D eigenvalue weighted by Crippen LogP contribution is 2.22. The van der Waals surface area contributed by atoms with Crippen LogP contribution in [0.15, 0.2) is 71.9 Å². The predicted octanol–water partition coefficient (Wildman–Crippen LogP) is 3.82. The molecule has 0 radical (unpaired) electrons. The number of carbonyl (C=O) groups excluding carboxylic acids is 1. The molecule has 0 aliphatic carbocycles. The van der Waals surface area contributed by atoms with E-state index in [1.807, 2.05) is 32.0 Å². The second-order valence-corrected chi connectivity index (χ2v) is 8.30. The number of hydrogen-bond donors (Lipinski definition) is 3. The SMILES string of the molecule is Cc1ccc(C)c(NS(=O)(=O)c2ccc(NC(=O)NCc3cccnc3)cc2)c1. The Balaban J connectivity index is 1.63. The van der Waals surface area contributed by atoms with Gasteiger partial charge in [-0.15, -0.1) is 0 Å². The number of benzene rings is 2. The van der Waals surface area contributed by atoms with Crippen molar-refractivity contribution in [1.82, 2.24) is 10.3 Å². The molecule has 0 atom stereocenters. The Bertz CT molecular complexity index is 1100. The number of urea groups is 1. The van der Waals surface area contributed by atoms with Crippen LogP contribution in [0.4, 0.5) is 16.2 Å². The number of rotatable bonds is 6. The van der Waals surface area contributed by atoms with E-state index in [0.29, 0.717) is 17.9 Å². The molecule has 2 amide bonds. The number of carbonyl (C=O) groups is 1. The number of hydrogen-bond acceptors (Lipinski definition) is 4. The average Bonchev–Trinajstić information content (AvgIpc) is 2.70. The molecule has 0 saturated heterocycles. The summed E-state index contributed by atoms with van der Waals surface area (Å²) in [6, 6.07) is 14.8. The van der Waals surface area contributed by atoms with Crippen LogP contribution >= 0.6 is 0 Å². The van der Waals surface area contributed by atoms with Gasteiger partial charge in [0.2, 0.25) is 0 Å². The molecule has 1 aromatic heterocycles. The van der Waals surface area contributed by atoms with Gasteiger partial charge in [-0.2, -0.15) is 0 Å². The maximum Gasteiger partial charge on any atom is 0.319 e. The van der Waals surface area contributed by atoms with Gasteiger partial charge in [-0.25, -0.2) is 13.2 Å². The number of nitrogens with zero attached hydrogens (tertiary/aromatic N) is 1. The first kappa shape index (κ1) is 20.3. The molecule has 0 saturated carbocycles. The Morgan fingerprint density at radius 2 is 1.79 bits per heavy atom. The second kappa shape index (κ2) is 8.74. The molecule has 3 N–H and O–H groups in total.